The van der Waals surface area contributed by atoms with Crippen molar-refractivity contribution in [3.8, 4) is 0 Å². The topological polar surface area (TPSA) is 41.9 Å². The lowest BCUT2D eigenvalue weighted by molar-refractivity contribution is -0.128. The number of nitrogens with zero attached hydrogens (tertiary/aromatic N) is 2. The number of hydrogen-bond donors (Lipinski definition) is 0. The van der Waals surface area contributed by atoms with E-state index in [1.165, 1.54) is 0 Å². The first-order valence-electron chi connectivity index (χ1n) is 4.99. The van der Waals surface area contributed by atoms with Crippen molar-refractivity contribution < 1.29 is 9.53 Å². The maximum atomic E-state index is 11.4. The molecule has 0 aliphatic carbocycles. The fourth-order valence-corrected chi connectivity index (χ4v) is 1.33. The Bertz CT molecular complexity index is 236. The average Bonchev–Trinajstić information content (AvgIpc) is 2.44. The minimum atomic E-state index is 0.0951. The molecule has 4 nitrogen and oxygen atoms in total. The number of amides is 1. The molecule has 1 rings (SSSR count). The molecule has 0 saturated carbocycles. The van der Waals surface area contributed by atoms with Crippen molar-refractivity contribution in [2.45, 2.75) is 26.7 Å². The summed E-state index contributed by atoms with van der Waals surface area (Å²) in [4.78, 5) is 11.4. The Balaban J connectivity index is 2.41. The van der Waals surface area contributed by atoms with Gasteiger partial charge in [0.15, 0.2) is 0 Å². The predicted octanol–water partition coefficient (Wildman–Crippen LogP) is 1.27. The highest BCUT2D eigenvalue weighted by atomic mass is 16.5. The molecule has 14 heavy (non-hydrogen) atoms. The first kappa shape index (κ1) is 11.2. The molecule has 1 heterocycles. The highest BCUT2D eigenvalue weighted by molar-refractivity contribution is 6.05. The van der Waals surface area contributed by atoms with Gasteiger partial charge >= 0.3 is 0 Å². The minimum Gasteiger partial charge on any atom is -0.379 e. The van der Waals surface area contributed by atoms with Crippen LogP contribution >= 0.6 is 0 Å². The Morgan fingerprint density at radius 2 is 2.29 bits per heavy atom. The number of ether oxygens (including phenoxy) is 1. The SMILES string of the molecule is COCC1=NN(CCC(C)C)C(=O)C1. The van der Waals surface area contributed by atoms with Crippen LogP contribution < -0.4 is 0 Å². The van der Waals surface area contributed by atoms with Crippen LogP contribution in [-0.4, -0.2) is 36.9 Å². The molecule has 0 N–H and O–H groups in total. The number of carbonyl (C=O) groups excluding carboxylic acids is 1. The van der Waals surface area contributed by atoms with Gasteiger partial charge in [-0.3, -0.25) is 4.79 Å². The van der Waals surface area contributed by atoms with Crippen LogP contribution in [0.5, 0.6) is 0 Å². The summed E-state index contributed by atoms with van der Waals surface area (Å²) in [5.74, 6) is 0.696. The molecule has 0 unspecified atom stereocenters. The maximum absolute atomic E-state index is 11.4. The zero-order valence-electron chi connectivity index (χ0n) is 9.12. The molecule has 0 radical (unpaired) electrons. The van der Waals surface area contributed by atoms with Gasteiger partial charge in [0.2, 0.25) is 5.91 Å². The molecular formula is C10H18N2O2. The van der Waals surface area contributed by atoms with Crippen molar-refractivity contribution >= 4 is 11.6 Å². The molecule has 0 aromatic carbocycles. The van der Waals surface area contributed by atoms with E-state index in [1.807, 2.05) is 0 Å². The van der Waals surface area contributed by atoms with E-state index in [0.717, 1.165) is 18.7 Å². The van der Waals surface area contributed by atoms with Crippen molar-refractivity contribution in [2.75, 3.05) is 20.3 Å². The maximum Gasteiger partial charge on any atom is 0.248 e. The van der Waals surface area contributed by atoms with Crippen LogP contribution in [0.1, 0.15) is 26.7 Å². The van der Waals surface area contributed by atoms with Crippen LogP contribution in [-0.2, 0) is 9.53 Å². The zero-order valence-corrected chi connectivity index (χ0v) is 9.12. The average molecular weight is 198 g/mol. The summed E-state index contributed by atoms with van der Waals surface area (Å²) in [7, 11) is 1.61. The Labute approximate surface area is 84.9 Å². The van der Waals surface area contributed by atoms with Crippen LogP contribution in [0.4, 0.5) is 0 Å². The van der Waals surface area contributed by atoms with E-state index in [0.29, 0.717) is 18.9 Å². The highest BCUT2D eigenvalue weighted by Crippen LogP contribution is 2.11. The fraction of sp³-hybridized carbons (Fsp3) is 0.800. The molecule has 0 bridgehead atoms. The standard InChI is InChI=1S/C10H18N2O2/c1-8(2)4-5-12-10(13)6-9(11-12)7-14-3/h8H,4-7H2,1-3H3. The predicted molar refractivity (Wildman–Crippen MR) is 55.1 cm³/mol. The van der Waals surface area contributed by atoms with E-state index in [-0.39, 0.29) is 5.91 Å². The van der Waals surface area contributed by atoms with Crippen LogP contribution in [0.15, 0.2) is 5.10 Å². The van der Waals surface area contributed by atoms with E-state index in [9.17, 15) is 4.79 Å². The van der Waals surface area contributed by atoms with Gasteiger partial charge in [-0.2, -0.15) is 5.10 Å². The van der Waals surface area contributed by atoms with E-state index in [4.69, 9.17) is 4.74 Å². The summed E-state index contributed by atoms with van der Waals surface area (Å²) in [6.45, 7) is 5.47. The lowest BCUT2D eigenvalue weighted by Gasteiger charge is -2.12. The van der Waals surface area contributed by atoms with Gasteiger partial charge in [0, 0.05) is 13.7 Å². The second-order valence-electron chi connectivity index (χ2n) is 3.98. The summed E-state index contributed by atoms with van der Waals surface area (Å²) >= 11 is 0. The van der Waals surface area contributed by atoms with Crippen molar-refractivity contribution in [3.63, 3.8) is 0 Å². The first-order valence-corrected chi connectivity index (χ1v) is 4.99. The Kier molecular flexibility index (Phi) is 4.07. The molecule has 80 valence electrons. The number of rotatable bonds is 5. The van der Waals surface area contributed by atoms with Gasteiger partial charge in [-0.05, 0) is 12.3 Å². The second kappa shape index (κ2) is 5.10. The monoisotopic (exact) mass is 198 g/mol. The van der Waals surface area contributed by atoms with Crippen LogP contribution in [0, 0.1) is 5.92 Å². The van der Waals surface area contributed by atoms with Crippen molar-refractivity contribution in [1.82, 2.24) is 5.01 Å². The molecule has 0 aromatic rings. The molecule has 0 aromatic heterocycles. The number of methoxy groups -OCH3 is 1. The van der Waals surface area contributed by atoms with E-state index < -0.39 is 0 Å². The summed E-state index contributed by atoms with van der Waals surface area (Å²) in [6.07, 6.45) is 1.42. The van der Waals surface area contributed by atoms with Gasteiger partial charge < -0.3 is 4.74 Å². The van der Waals surface area contributed by atoms with Gasteiger partial charge in [-0.1, -0.05) is 13.8 Å². The molecule has 4 heteroatoms. The molecule has 0 fully saturated rings. The second-order valence-corrected chi connectivity index (χ2v) is 3.98. The number of hydrazone groups is 1. The normalized spacial score (nSPS) is 16.7. The third-order valence-corrected chi connectivity index (χ3v) is 2.13. The molecule has 0 spiro atoms. The van der Waals surface area contributed by atoms with Crippen LogP contribution in [0.3, 0.4) is 0 Å². The van der Waals surface area contributed by atoms with Gasteiger partial charge in [0.1, 0.15) is 0 Å². The first-order chi connectivity index (χ1) is 6.63. The zero-order chi connectivity index (χ0) is 10.6. The summed E-state index contributed by atoms with van der Waals surface area (Å²) in [5.41, 5.74) is 0.834. The van der Waals surface area contributed by atoms with Crippen molar-refractivity contribution in [3.05, 3.63) is 0 Å². The molecule has 1 aliphatic rings. The van der Waals surface area contributed by atoms with Crippen LogP contribution in [0.2, 0.25) is 0 Å². The Hall–Kier alpha value is -0.900. The van der Waals surface area contributed by atoms with Crippen molar-refractivity contribution in [1.29, 1.82) is 0 Å². The molecule has 0 saturated heterocycles. The summed E-state index contributed by atoms with van der Waals surface area (Å²) in [5, 5.41) is 5.77. The quantitative estimate of drug-likeness (QED) is 0.667. The van der Waals surface area contributed by atoms with Gasteiger partial charge in [0.05, 0.1) is 18.7 Å². The summed E-state index contributed by atoms with van der Waals surface area (Å²) in [6, 6.07) is 0. The third kappa shape index (κ3) is 3.10. The van der Waals surface area contributed by atoms with Crippen LogP contribution in [0.25, 0.3) is 0 Å². The molecule has 0 atom stereocenters. The molecular weight excluding hydrogens is 180 g/mol. The third-order valence-electron chi connectivity index (χ3n) is 2.13. The lowest BCUT2D eigenvalue weighted by Crippen LogP contribution is -2.22. The van der Waals surface area contributed by atoms with Gasteiger partial charge in [0.25, 0.3) is 0 Å². The fourth-order valence-electron chi connectivity index (χ4n) is 1.33. The highest BCUT2D eigenvalue weighted by Gasteiger charge is 2.22. The Morgan fingerprint density at radius 3 is 2.86 bits per heavy atom. The molecule has 1 aliphatic heterocycles. The van der Waals surface area contributed by atoms with Crippen molar-refractivity contribution in [2.24, 2.45) is 11.0 Å². The van der Waals surface area contributed by atoms with E-state index in [2.05, 4.69) is 18.9 Å². The van der Waals surface area contributed by atoms with E-state index in [1.54, 1.807) is 12.1 Å². The van der Waals surface area contributed by atoms with Gasteiger partial charge in [-0.15, -0.1) is 0 Å². The van der Waals surface area contributed by atoms with E-state index >= 15 is 0 Å². The Morgan fingerprint density at radius 1 is 1.57 bits per heavy atom. The minimum absolute atomic E-state index is 0.0951. The van der Waals surface area contributed by atoms with Gasteiger partial charge in [-0.25, -0.2) is 5.01 Å². The lowest BCUT2D eigenvalue weighted by atomic mass is 10.1. The number of carbonyl (C=O) groups is 1. The molecule has 1 amide bonds. The smallest absolute Gasteiger partial charge is 0.248 e. The summed E-state index contributed by atoms with van der Waals surface area (Å²) < 4.78 is 4.94. The largest absolute Gasteiger partial charge is 0.379 e. The number of hydrogen-bond acceptors (Lipinski definition) is 3.